The van der Waals surface area contributed by atoms with E-state index in [1.54, 1.807) is 20.3 Å². The van der Waals surface area contributed by atoms with Crippen LogP contribution in [0.25, 0.3) is 0 Å². The maximum Gasteiger partial charge on any atom is 0.224 e. The van der Waals surface area contributed by atoms with E-state index in [4.69, 9.17) is 14.7 Å². The minimum atomic E-state index is 0.340. The Bertz CT molecular complexity index is 680. The van der Waals surface area contributed by atoms with Crippen LogP contribution >= 0.6 is 0 Å². The first kappa shape index (κ1) is 14.6. The molecule has 0 spiro atoms. The van der Waals surface area contributed by atoms with Crippen molar-refractivity contribution < 1.29 is 9.47 Å². The lowest BCUT2D eigenvalue weighted by Crippen LogP contribution is -2.06. The molecule has 0 saturated heterocycles. The van der Waals surface area contributed by atoms with Gasteiger partial charge in [0.1, 0.15) is 23.3 Å². The van der Waals surface area contributed by atoms with E-state index in [1.165, 1.54) is 0 Å². The van der Waals surface area contributed by atoms with Gasteiger partial charge in [-0.25, -0.2) is 9.97 Å². The molecular formula is C15H16N4O2. The Morgan fingerprint density at radius 3 is 2.67 bits per heavy atom. The third-order valence-electron chi connectivity index (χ3n) is 2.90. The third-order valence-corrected chi connectivity index (χ3v) is 2.90. The number of benzene rings is 1. The van der Waals surface area contributed by atoms with Crippen molar-refractivity contribution in [2.45, 2.75) is 13.5 Å². The van der Waals surface area contributed by atoms with Gasteiger partial charge in [0, 0.05) is 23.9 Å². The number of nitriles is 1. The van der Waals surface area contributed by atoms with Gasteiger partial charge in [-0.1, -0.05) is 0 Å². The Hall–Kier alpha value is -2.81. The van der Waals surface area contributed by atoms with Gasteiger partial charge in [-0.05, 0) is 25.1 Å². The summed E-state index contributed by atoms with van der Waals surface area (Å²) < 4.78 is 10.5. The van der Waals surface area contributed by atoms with E-state index >= 15 is 0 Å². The summed E-state index contributed by atoms with van der Waals surface area (Å²) in [5.41, 5.74) is 2.03. The highest BCUT2D eigenvalue weighted by Crippen LogP contribution is 2.25. The number of hydrogen-bond donors (Lipinski definition) is 1. The monoisotopic (exact) mass is 284 g/mol. The summed E-state index contributed by atoms with van der Waals surface area (Å²) in [7, 11) is 3.21. The first-order valence-corrected chi connectivity index (χ1v) is 6.37. The van der Waals surface area contributed by atoms with E-state index in [0.717, 1.165) is 22.8 Å². The Morgan fingerprint density at radius 1 is 1.19 bits per heavy atom. The molecule has 0 unspecified atom stereocenters. The van der Waals surface area contributed by atoms with Crippen molar-refractivity contribution in [3.8, 4) is 17.6 Å². The molecule has 6 nitrogen and oxygen atoms in total. The lowest BCUT2D eigenvalue weighted by atomic mass is 10.2. The van der Waals surface area contributed by atoms with Crippen LogP contribution in [0.2, 0.25) is 0 Å². The van der Waals surface area contributed by atoms with E-state index in [0.29, 0.717) is 18.2 Å². The van der Waals surface area contributed by atoms with Crippen LogP contribution in [-0.4, -0.2) is 24.2 Å². The lowest BCUT2D eigenvalue weighted by Gasteiger charge is -2.11. The molecule has 0 aliphatic rings. The normalized spacial score (nSPS) is 9.81. The van der Waals surface area contributed by atoms with Crippen molar-refractivity contribution in [3.05, 3.63) is 41.2 Å². The average molecular weight is 284 g/mol. The molecule has 0 saturated carbocycles. The average Bonchev–Trinajstić information content (AvgIpc) is 2.52. The van der Waals surface area contributed by atoms with Crippen LogP contribution < -0.4 is 14.8 Å². The van der Waals surface area contributed by atoms with Crippen molar-refractivity contribution in [3.63, 3.8) is 0 Å². The van der Waals surface area contributed by atoms with Crippen LogP contribution in [0.4, 0.5) is 5.95 Å². The van der Waals surface area contributed by atoms with Gasteiger partial charge >= 0.3 is 0 Å². The summed E-state index contributed by atoms with van der Waals surface area (Å²) in [4.78, 5) is 8.35. The number of aryl methyl sites for hydroxylation is 1. The van der Waals surface area contributed by atoms with Crippen molar-refractivity contribution in [1.29, 1.82) is 5.26 Å². The number of rotatable bonds is 5. The standard InChI is InChI=1S/C15H16N4O2/c1-10-6-12(8-16)19-15(18-10)17-9-11-4-5-13(20-2)7-14(11)21-3/h4-7H,9H2,1-3H3,(H,17,18,19). The van der Waals surface area contributed by atoms with Gasteiger partial charge in [0.15, 0.2) is 0 Å². The summed E-state index contributed by atoms with van der Waals surface area (Å²) in [5.74, 6) is 1.87. The highest BCUT2D eigenvalue weighted by atomic mass is 16.5. The molecule has 1 aromatic carbocycles. The third kappa shape index (κ3) is 3.60. The Labute approximate surface area is 123 Å². The number of ether oxygens (including phenoxy) is 2. The fourth-order valence-corrected chi connectivity index (χ4v) is 1.88. The molecular weight excluding hydrogens is 268 g/mol. The molecule has 1 heterocycles. The molecule has 21 heavy (non-hydrogen) atoms. The minimum absolute atomic E-state index is 0.340. The Morgan fingerprint density at radius 2 is 2.00 bits per heavy atom. The number of nitrogens with zero attached hydrogens (tertiary/aromatic N) is 3. The van der Waals surface area contributed by atoms with Gasteiger partial charge in [-0.2, -0.15) is 5.26 Å². The predicted molar refractivity (Wildman–Crippen MR) is 78.4 cm³/mol. The zero-order valence-electron chi connectivity index (χ0n) is 12.2. The maximum absolute atomic E-state index is 8.91. The largest absolute Gasteiger partial charge is 0.497 e. The number of methoxy groups -OCH3 is 2. The first-order chi connectivity index (χ1) is 10.2. The minimum Gasteiger partial charge on any atom is -0.497 e. The van der Waals surface area contributed by atoms with Crippen molar-refractivity contribution in [1.82, 2.24) is 9.97 Å². The van der Waals surface area contributed by atoms with Crippen LogP contribution in [0, 0.1) is 18.3 Å². The molecule has 0 radical (unpaired) electrons. The van der Waals surface area contributed by atoms with Gasteiger partial charge in [0.2, 0.25) is 5.95 Å². The summed E-state index contributed by atoms with van der Waals surface area (Å²) in [5, 5.41) is 12.0. The van der Waals surface area contributed by atoms with E-state index in [2.05, 4.69) is 15.3 Å². The summed E-state index contributed by atoms with van der Waals surface area (Å²) >= 11 is 0. The summed E-state index contributed by atoms with van der Waals surface area (Å²) in [6.07, 6.45) is 0. The molecule has 0 atom stereocenters. The maximum atomic E-state index is 8.91. The smallest absolute Gasteiger partial charge is 0.224 e. The molecule has 0 fully saturated rings. The molecule has 2 rings (SSSR count). The van der Waals surface area contributed by atoms with Gasteiger partial charge < -0.3 is 14.8 Å². The van der Waals surface area contributed by atoms with E-state index < -0.39 is 0 Å². The molecule has 1 aromatic heterocycles. The zero-order chi connectivity index (χ0) is 15.2. The van der Waals surface area contributed by atoms with Gasteiger partial charge in [0.05, 0.1) is 14.2 Å². The molecule has 0 aliphatic heterocycles. The second-order valence-corrected chi connectivity index (χ2v) is 4.36. The number of nitrogens with one attached hydrogen (secondary N) is 1. The Balaban J connectivity index is 2.16. The van der Waals surface area contributed by atoms with Gasteiger partial charge in [-0.15, -0.1) is 0 Å². The molecule has 1 N–H and O–H groups in total. The predicted octanol–water partition coefficient (Wildman–Crippen LogP) is 2.29. The van der Waals surface area contributed by atoms with E-state index in [9.17, 15) is 0 Å². The molecule has 0 aliphatic carbocycles. The molecule has 108 valence electrons. The SMILES string of the molecule is COc1ccc(CNc2nc(C)cc(C#N)n2)c(OC)c1. The molecule has 0 bridgehead atoms. The van der Waals surface area contributed by atoms with Crippen molar-refractivity contribution >= 4 is 5.95 Å². The topological polar surface area (TPSA) is 80.1 Å². The Kier molecular flexibility index (Phi) is 4.57. The summed E-state index contributed by atoms with van der Waals surface area (Å²) in [6.45, 7) is 2.31. The van der Waals surface area contributed by atoms with Crippen LogP contribution in [0.15, 0.2) is 24.3 Å². The molecule has 0 amide bonds. The highest BCUT2D eigenvalue weighted by Gasteiger charge is 2.07. The fraction of sp³-hybridized carbons (Fsp3) is 0.267. The van der Waals surface area contributed by atoms with Crippen molar-refractivity contribution in [2.24, 2.45) is 0 Å². The van der Waals surface area contributed by atoms with Crippen molar-refractivity contribution in [2.75, 3.05) is 19.5 Å². The number of hydrogen-bond acceptors (Lipinski definition) is 6. The lowest BCUT2D eigenvalue weighted by molar-refractivity contribution is 0.391. The second kappa shape index (κ2) is 6.57. The molecule has 6 heteroatoms. The summed E-state index contributed by atoms with van der Waals surface area (Å²) in [6, 6.07) is 9.23. The van der Waals surface area contributed by atoms with E-state index in [1.807, 2.05) is 31.2 Å². The highest BCUT2D eigenvalue weighted by molar-refractivity contribution is 5.43. The van der Waals surface area contributed by atoms with Gasteiger partial charge in [-0.3, -0.25) is 0 Å². The second-order valence-electron chi connectivity index (χ2n) is 4.36. The number of anilines is 1. The van der Waals surface area contributed by atoms with Gasteiger partial charge in [0.25, 0.3) is 0 Å². The van der Waals surface area contributed by atoms with Crippen LogP contribution in [-0.2, 0) is 6.54 Å². The first-order valence-electron chi connectivity index (χ1n) is 6.37. The van der Waals surface area contributed by atoms with E-state index in [-0.39, 0.29) is 0 Å². The zero-order valence-corrected chi connectivity index (χ0v) is 12.2. The van der Waals surface area contributed by atoms with Crippen LogP contribution in [0.3, 0.4) is 0 Å². The van der Waals surface area contributed by atoms with Crippen LogP contribution in [0.1, 0.15) is 17.0 Å². The number of aromatic nitrogens is 2. The quantitative estimate of drug-likeness (QED) is 0.907. The molecule has 2 aromatic rings. The van der Waals surface area contributed by atoms with Crippen LogP contribution in [0.5, 0.6) is 11.5 Å². The fourth-order valence-electron chi connectivity index (χ4n) is 1.88.